The molecule has 0 spiro atoms. The van der Waals surface area contributed by atoms with Gasteiger partial charge in [-0.1, -0.05) is 18.2 Å². The number of carbonyl (C=O) groups is 1. The van der Waals surface area contributed by atoms with Crippen molar-refractivity contribution >= 4 is 34.6 Å². The maximum atomic E-state index is 10.5. The highest BCUT2D eigenvalue weighted by atomic mass is 35.5. The predicted octanol–water partition coefficient (Wildman–Crippen LogP) is 1.37. The second-order valence-electron chi connectivity index (χ2n) is 2.77. The van der Waals surface area contributed by atoms with E-state index in [2.05, 4.69) is 4.99 Å². The minimum Gasteiger partial charge on any atom is -0.370 e. The van der Waals surface area contributed by atoms with E-state index in [-0.39, 0.29) is 5.96 Å². The van der Waals surface area contributed by atoms with Gasteiger partial charge in [0.1, 0.15) is 0 Å². The largest absolute Gasteiger partial charge is 0.370 e. The van der Waals surface area contributed by atoms with Gasteiger partial charge in [-0.05, 0) is 35.4 Å². The van der Waals surface area contributed by atoms with Crippen molar-refractivity contribution in [3.8, 4) is 0 Å². The van der Waals surface area contributed by atoms with Gasteiger partial charge < -0.3 is 11.5 Å². The van der Waals surface area contributed by atoms with Gasteiger partial charge in [0.05, 0.1) is 5.69 Å². The first kappa shape index (κ1) is 11.3. The lowest BCUT2D eigenvalue weighted by atomic mass is 10.2. The van der Waals surface area contributed by atoms with Gasteiger partial charge in [-0.3, -0.25) is 4.79 Å². The number of aliphatic imine (C=N–C) groups is 1. The summed E-state index contributed by atoms with van der Waals surface area (Å²) < 4.78 is 0. The van der Waals surface area contributed by atoms with Gasteiger partial charge in [0.2, 0.25) is 5.24 Å². The molecular formula is C10H10ClN3O. The molecule has 0 aliphatic rings. The Kier molecular flexibility index (Phi) is 3.88. The third-order valence-electron chi connectivity index (χ3n) is 1.56. The van der Waals surface area contributed by atoms with Crippen LogP contribution in [0, 0.1) is 0 Å². The summed E-state index contributed by atoms with van der Waals surface area (Å²) >= 11 is 5.15. The molecule has 0 amide bonds. The molecule has 1 aromatic carbocycles. The molecule has 0 saturated heterocycles. The molecule has 78 valence electrons. The molecule has 0 atom stereocenters. The molecule has 0 aromatic heterocycles. The van der Waals surface area contributed by atoms with Crippen molar-refractivity contribution in [1.82, 2.24) is 0 Å². The Labute approximate surface area is 92.2 Å². The summed E-state index contributed by atoms with van der Waals surface area (Å²) in [6.07, 6.45) is 2.88. The van der Waals surface area contributed by atoms with Crippen LogP contribution in [0.1, 0.15) is 5.56 Å². The molecule has 1 aromatic rings. The molecule has 0 radical (unpaired) electrons. The van der Waals surface area contributed by atoms with E-state index in [1.807, 2.05) is 0 Å². The average Bonchev–Trinajstić information content (AvgIpc) is 2.16. The fourth-order valence-electron chi connectivity index (χ4n) is 0.971. The lowest BCUT2D eigenvalue weighted by Gasteiger charge is -1.96. The third-order valence-corrected chi connectivity index (χ3v) is 1.68. The number of hydrogen-bond donors (Lipinski definition) is 2. The fourth-order valence-corrected chi connectivity index (χ4v) is 1.03. The number of nitrogens with two attached hydrogens (primary N) is 2. The number of benzene rings is 1. The van der Waals surface area contributed by atoms with Crippen LogP contribution < -0.4 is 11.5 Å². The predicted molar refractivity (Wildman–Crippen MR) is 61.8 cm³/mol. The minimum absolute atomic E-state index is 0.00854. The van der Waals surface area contributed by atoms with E-state index in [1.54, 1.807) is 30.3 Å². The zero-order valence-corrected chi connectivity index (χ0v) is 8.61. The molecule has 0 aliphatic heterocycles. The third kappa shape index (κ3) is 4.28. The van der Waals surface area contributed by atoms with Gasteiger partial charge in [-0.15, -0.1) is 0 Å². The molecule has 0 saturated carbocycles. The van der Waals surface area contributed by atoms with Gasteiger partial charge in [0.15, 0.2) is 5.96 Å². The number of guanidine groups is 1. The van der Waals surface area contributed by atoms with Crippen molar-refractivity contribution in [3.05, 3.63) is 35.9 Å². The highest BCUT2D eigenvalue weighted by Crippen LogP contribution is 2.13. The molecule has 4 nitrogen and oxygen atoms in total. The van der Waals surface area contributed by atoms with Crippen molar-refractivity contribution in [1.29, 1.82) is 0 Å². The van der Waals surface area contributed by atoms with Crippen molar-refractivity contribution in [2.24, 2.45) is 16.5 Å². The first-order valence-corrected chi connectivity index (χ1v) is 4.53. The number of rotatable bonds is 3. The molecule has 5 heteroatoms. The monoisotopic (exact) mass is 223 g/mol. The molecular weight excluding hydrogens is 214 g/mol. The maximum Gasteiger partial charge on any atom is 0.245 e. The smallest absolute Gasteiger partial charge is 0.245 e. The van der Waals surface area contributed by atoms with Crippen molar-refractivity contribution in [2.75, 3.05) is 0 Å². The summed E-state index contributed by atoms with van der Waals surface area (Å²) in [5.41, 5.74) is 11.9. The number of carbonyl (C=O) groups excluding carboxylic acids is 1. The molecule has 0 fully saturated rings. The van der Waals surface area contributed by atoms with Crippen LogP contribution in [0.3, 0.4) is 0 Å². The van der Waals surface area contributed by atoms with Crippen LogP contribution in [-0.4, -0.2) is 11.2 Å². The molecule has 15 heavy (non-hydrogen) atoms. The van der Waals surface area contributed by atoms with E-state index >= 15 is 0 Å². The number of halogens is 1. The van der Waals surface area contributed by atoms with E-state index in [9.17, 15) is 4.79 Å². The Morgan fingerprint density at radius 3 is 2.33 bits per heavy atom. The van der Waals surface area contributed by atoms with Crippen LogP contribution in [0.5, 0.6) is 0 Å². The lowest BCUT2D eigenvalue weighted by molar-refractivity contribution is -0.107. The molecule has 0 heterocycles. The molecule has 0 unspecified atom stereocenters. The Morgan fingerprint density at radius 2 is 1.87 bits per heavy atom. The number of allylic oxidation sites excluding steroid dienone is 1. The van der Waals surface area contributed by atoms with E-state index < -0.39 is 5.24 Å². The molecule has 1 rings (SSSR count). The van der Waals surface area contributed by atoms with Crippen LogP contribution in [-0.2, 0) is 4.79 Å². The second-order valence-corrected chi connectivity index (χ2v) is 3.14. The van der Waals surface area contributed by atoms with E-state index in [0.29, 0.717) is 5.69 Å². The molecule has 0 bridgehead atoms. The van der Waals surface area contributed by atoms with Crippen LogP contribution in [0.2, 0.25) is 0 Å². The second kappa shape index (κ2) is 5.17. The summed E-state index contributed by atoms with van der Waals surface area (Å²) in [4.78, 5) is 14.3. The summed E-state index contributed by atoms with van der Waals surface area (Å²) in [6.45, 7) is 0. The SMILES string of the molecule is NC(N)=Nc1ccc(/C=C/C(=O)Cl)cc1. The normalized spacial score (nSPS) is 10.2. The first-order chi connectivity index (χ1) is 7.08. The van der Waals surface area contributed by atoms with Gasteiger partial charge in [-0.2, -0.15) is 0 Å². The van der Waals surface area contributed by atoms with Crippen molar-refractivity contribution in [3.63, 3.8) is 0 Å². The Morgan fingerprint density at radius 1 is 1.27 bits per heavy atom. The summed E-state index contributed by atoms with van der Waals surface area (Å²) in [5, 5.41) is -0.511. The minimum atomic E-state index is -0.511. The molecule has 4 N–H and O–H groups in total. The summed E-state index contributed by atoms with van der Waals surface area (Å²) in [5.74, 6) is 0.00854. The van der Waals surface area contributed by atoms with E-state index in [1.165, 1.54) is 6.08 Å². The van der Waals surface area contributed by atoms with Gasteiger partial charge in [-0.25, -0.2) is 4.99 Å². The standard InChI is InChI=1S/C10H10ClN3O/c11-9(15)6-3-7-1-4-8(5-2-7)14-10(12)13/h1-6H,(H4,12,13,14)/b6-3+. The quantitative estimate of drug-likeness (QED) is 0.351. The Bertz CT molecular complexity index is 405. The lowest BCUT2D eigenvalue weighted by Crippen LogP contribution is -2.21. The Hall–Kier alpha value is -1.81. The topological polar surface area (TPSA) is 81.5 Å². The van der Waals surface area contributed by atoms with Crippen LogP contribution in [0.15, 0.2) is 35.3 Å². The highest BCUT2D eigenvalue weighted by molar-refractivity contribution is 6.66. The summed E-state index contributed by atoms with van der Waals surface area (Å²) in [7, 11) is 0. The number of nitrogens with zero attached hydrogens (tertiary/aromatic N) is 1. The Balaban J connectivity index is 2.81. The maximum absolute atomic E-state index is 10.5. The van der Waals surface area contributed by atoms with Crippen LogP contribution in [0.4, 0.5) is 5.69 Å². The van der Waals surface area contributed by atoms with Crippen molar-refractivity contribution < 1.29 is 4.79 Å². The average molecular weight is 224 g/mol. The van der Waals surface area contributed by atoms with E-state index in [4.69, 9.17) is 23.1 Å². The highest BCUT2D eigenvalue weighted by Gasteiger charge is 1.91. The van der Waals surface area contributed by atoms with Gasteiger partial charge in [0.25, 0.3) is 0 Å². The van der Waals surface area contributed by atoms with Crippen molar-refractivity contribution in [2.45, 2.75) is 0 Å². The number of hydrogen-bond acceptors (Lipinski definition) is 2. The molecule has 0 aliphatic carbocycles. The van der Waals surface area contributed by atoms with E-state index in [0.717, 1.165) is 5.56 Å². The summed E-state index contributed by atoms with van der Waals surface area (Å²) in [6, 6.07) is 7.02. The van der Waals surface area contributed by atoms with Crippen LogP contribution in [0.25, 0.3) is 6.08 Å². The first-order valence-electron chi connectivity index (χ1n) is 4.15. The van der Waals surface area contributed by atoms with Gasteiger partial charge in [0, 0.05) is 0 Å². The zero-order valence-electron chi connectivity index (χ0n) is 7.85. The fraction of sp³-hybridized carbons (Fsp3) is 0. The van der Waals surface area contributed by atoms with Crippen LogP contribution >= 0.6 is 11.6 Å². The zero-order chi connectivity index (χ0) is 11.3. The van der Waals surface area contributed by atoms with Gasteiger partial charge >= 0.3 is 0 Å².